The fourth-order valence-electron chi connectivity index (χ4n) is 3.90. The number of rotatable bonds is 2. The standard InChI is InChI=1S/C21H20N4OS/c26-21(19-13-15-5-1-4-8-18(15)27-19)25-11-9-24(10-12-25)20-16-6-2-3-7-17(16)22-14-23-20/h1-8,14,19H,9-13H2/t19-/m1/s1. The molecule has 0 bridgehead atoms. The Morgan fingerprint density at radius 2 is 1.74 bits per heavy atom. The minimum Gasteiger partial charge on any atom is -0.352 e. The Balaban J connectivity index is 1.27. The fourth-order valence-corrected chi connectivity index (χ4v) is 5.18. The zero-order valence-electron chi connectivity index (χ0n) is 14.9. The molecule has 0 saturated carbocycles. The Labute approximate surface area is 162 Å². The normalized spacial score (nSPS) is 19.3. The second kappa shape index (κ2) is 6.85. The molecule has 1 aromatic heterocycles. The van der Waals surface area contributed by atoms with E-state index in [2.05, 4.69) is 39.1 Å². The van der Waals surface area contributed by atoms with Gasteiger partial charge in [0.1, 0.15) is 12.1 Å². The van der Waals surface area contributed by atoms with Crippen LogP contribution in [-0.4, -0.2) is 52.2 Å². The third kappa shape index (κ3) is 3.04. The predicted octanol–water partition coefficient (Wildman–Crippen LogP) is 3.00. The van der Waals surface area contributed by atoms with Crippen LogP contribution in [0.2, 0.25) is 0 Å². The minimum absolute atomic E-state index is 0.0221. The lowest BCUT2D eigenvalue weighted by molar-refractivity contribution is -0.130. The average molecular weight is 376 g/mol. The van der Waals surface area contributed by atoms with Crippen molar-refractivity contribution < 1.29 is 4.79 Å². The van der Waals surface area contributed by atoms with E-state index < -0.39 is 0 Å². The number of amides is 1. The topological polar surface area (TPSA) is 49.3 Å². The van der Waals surface area contributed by atoms with Crippen LogP contribution in [0.15, 0.2) is 59.8 Å². The maximum absolute atomic E-state index is 13.0. The number of fused-ring (bicyclic) bond motifs is 2. The summed E-state index contributed by atoms with van der Waals surface area (Å²) in [6.45, 7) is 3.09. The Hall–Kier alpha value is -2.60. The molecule has 5 rings (SSSR count). The highest BCUT2D eigenvalue weighted by Gasteiger charge is 2.33. The van der Waals surface area contributed by atoms with E-state index >= 15 is 0 Å². The van der Waals surface area contributed by atoms with E-state index in [-0.39, 0.29) is 11.2 Å². The van der Waals surface area contributed by atoms with Gasteiger partial charge >= 0.3 is 0 Å². The zero-order valence-corrected chi connectivity index (χ0v) is 15.7. The van der Waals surface area contributed by atoms with E-state index in [1.54, 1.807) is 18.1 Å². The Morgan fingerprint density at radius 3 is 2.59 bits per heavy atom. The molecule has 0 N–H and O–H groups in total. The number of anilines is 1. The largest absolute Gasteiger partial charge is 0.352 e. The molecule has 0 unspecified atom stereocenters. The number of carbonyl (C=O) groups excluding carboxylic acids is 1. The smallest absolute Gasteiger partial charge is 0.236 e. The molecule has 2 aliphatic rings. The third-order valence-corrected chi connectivity index (χ3v) is 6.64. The Bertz CT molecular complexity index is 970. The zero-order chi connectivity index (χ0) is 18.2. The summed E-state index contributed by atoms with van der Waals surface area (Å²) in [5.74, 6) is 1.23. The first-order valence-electron chi connectivity index (χ1n) is 9.27. The first-order chi connectivity index (χ1) is 13.3. The number of nitrogens with zero attached hydrogens (tertiary/aromatic N) is 4. The lowest BCUT2D eigenvalue weighted by atomic mass is 10.1. The summed E-state index contributed by atoms with van der Waals surface area (Å²) < 4.78 is 0. The number of thioether (sulfide) groups is 1. The van der Waals surface area contributed by atoms with Crippen LogP contribution in [-0.2, 0) is 11.2 Å². The monoisotopic (exact) mass is 376 g/mol. The predicted molar refractivity (Wildman–Crippen MR) is 108 cm³/mol. The molecule has 1 amide bonds. The third-order valence-electron chi connectivity index (χ3n) is 5.34. The van der Waals surface area contributed by atoms with Gasteiger partial charge in [-0.05, 0) is 30.2 Å². The molecular formula is C21H20N4OS. The van der Waals surface area contributed by atoms with Crippen LogP contribution in [0.1, 0.15) is 5.56 Å². The van der Waals surface area contributed by atoms with E-state index in [4.69, 9.17) is 0 Å². The van der Waals surface area contributed by atoms with Crippen molar-refractivity contribution >= 4 is 34.4 Å². The van der Waals surface area contributed by atoms with Gasteiger partial charge in [-0.3, -0.25) is 4.79 Å². The van der Waals surface area contributed by atoms with E-state index in [1.807, 2.05) is 29.2 Å². The van der Waals surface area contributed by atoms with Crippen LogP contribution in [0.5, 0.6) is 0 Å². The molecule has 136 valence electrons. The number of hydrogen-bond acceptors (Lipinski definition) is 5. The number of benzene rings is 2. The number of piperazine rings is 1. The van der Waals surface area contributed by atoms with E-state index in [0.29, 0.717) is 0 Å². The summed E-state index contributed by atoms with van der Waals surface area (Å²) in [4.78, 5) is 27.4. The van der Waals surface area contributed by atoms with Gasteiger partial charge in [-0.15, -0.1) is 11.8 Å². The van der Waals surface area contributed by atoms with E-state index in [9.17, 15) is 4.79 Å². The molecule has 1 atom stereocenters. The first kappa shape index (κ1) is 16.6. The summed E-state index contributed by atoms with van der Waals surface area (Å²) >= 11 is 1.71. The van der Waals surface area contributed by atoms with Gasteiger partial charge in [0.15, 0.2) is 0 Å². The summed E-state index contributed by atoms with van der Waals surface area (Å²) in [5.41, 5.74) is 2.26. The molecule has 6 heteroatoms. The van der Waals surface area contributed by atoms with Gasteiger partial charge in [0.25, 0.3) is 0 Å². The number of aromatic nitrogens is 2. The molecular weight excluding hydrogens is 356 g/mol. The summed E-state index contributed by atoms with van der Waals surface area (Å²) in [6, 6.07) is 16.4. The van der Waals surface area contributed by atoms with Crippen LogP contribution in [0, 0.1) is 0 Å². The van der Waals surface area contributed by atoms with Gasteiger partial charge in [-0.2, -0.15) is 0 Å². The SMILES string of the molecule is O=C([C@H]1Cc2ccccc2S1)N1CCN(c2ncnc3ccccc23)CC1. The van der Waals surface area contributed by atoms with Crippen LogP contribution in [0.25, 0.3) is 10.9 Å². The van der Waals surface area contributed by atoms with Gasteiger partial charge in [0.2, 0.25) is 5.91 Å². The molecule has 5 nitrogen and oxygen atoms in total. The van der Waals surface area contributed by atoms with Gasteiger partial charge in [0, 0.05) is 36.5 Å². The van der Waals surface area contributed by atoms with Crippen molar-refractivity contribution in [3.63, 3.8) is 0 Å². The highest BCUT2D eigenvalue weighted by atomic mass is 32.2. The first-order valence-corrected chi connectivity index (χ1v) is 10.2. The van der Waals surface area contributed by atoms with Crippen molar-refractivity contribution in [1.82, 2.24) is 14.9 Å². The summed E-state index contributed by atoms with van der Waals surface area (Å²) in [5, 5.41) is 1.09. The number of hydrogen-bond donors (Lipinski definition) is 0. The van der Waals surface area contributed by atoms with E-state index in [0.717, 1.165) is 49.3 Å². The Kier molecular flexibility index (Phi) is 4.20. The second-order valence-electron chi connectivity index (χ2n) is 6.95. The second-order valence-corrected chi connectivity index (χ2v) is 8.19. The van der Waals surface area contributed by atoms with Gasteiger partial charge < -0.3 is 9.80 Å². The van der Waals surface area contributed by atoms with Crippen molar-refractivity contribution in [3.05, 3.63) is 60.4 Å². The Morgan fingerprint density at radius 1 is 0.963 bits per heavy atom. The van der Waals surface area contributed by atoms with Crippen LogP contribution < -0.4 is 4.90 Å². The van der Waals surface area contributed by atoms with Gasteiger partial charge in [-0.1, -0.05) is 30.3 Å². The maximum atomic E-state index is 13.0. The molecule has 2 aromatic carbocycles. The average Bonchev–Trinajstić information content (AvgIpc) is 3.17. The summed E-state index contributed by atoms with van der Waals surface area (Å²) in [7, 11) is 0. The van der Waals surface area contributed by atoms with Gasteiger partial charge in [-0.25, -0.2) is 9.97 Å². The van der Waals surface area contributed by atoms with Crippen LogP contribution in [0.3, 0.4) is 0 Å². The van der Waals surface area contributed by atoms with Crippen molar-refractivity contribution in [2.24, 2.45) is 0 Å². The van der Waals surface area contributed by atoms with E-state index in [1.165, 1.54) is 10.5 Å². The number of para-hydroxylation sites is 1. The lowest BCUT2D eigenvalue weighted by Gasteiger charge is -2.36. The van der Waals surface area contributed by atoms with Crippen LogP contribution >= 0.6 is 11.8 Å². The van der Waals surface area contributed by atoms with Gasteiger partial charge in [0.05, 0.1) is 10.8 Å². The maximum Gasteiger partial charge on any atom is 0.236 e. The van der Waals surface area contributed by atoms with Crippen molar-refractivity contribution in [2.75, 3.05) is 31.1 Å². The molecule has 1 saturated heterocycles. The molecule has 3 heterocycles. The molecule has 0 radical (unpaired) electrons. The molecule has 0 aliphatic carbocycles. The number of carbonyl (C=O) groups is 1. The van der Waals surface area contributed by atoms with Crippen molar-refractivity contribution in [2.45, 2.75) is 16.6 Å². The highest BCUT2D eigenvalue weighted by molar-refractivity contribution is 8.01. The molecule has 27 heavy (non-hydrogen) atoms. The fraction of sp³-hybridized carbons (Fsp3) is 0.286. The highest BCUT2D eigenvalue weighted by Crippen LogP contribution is 2.37. The summed E-state index contributed by atoms with van der Waals surface area (Å²) in [6.07, 6.45) is 2.47. The molecule has 0 spiro atoms. The lowest BCUT2D eigenvalue weighted by Crippen LogP contribution is -2.51. The molecule has 1 fully saturated rings. The quantitative estimate of drug-likeness (QED) is 0.688. The molecule has 2 aliphatic heterocycles. The van der Waals surface area contributed by atoms with Crippen molar-refractivity contribution in [1.29, 1.82) is 0 Å². The molecule has 3 aromatic rings. The van der Waals surface area contributed by atoms with Crippen LogP contribution in [0.4, 0.5) is 5.82 Å². The van der Waals surface area contributed by atoms with Crippen molar-refractivity contribution in [3.8, 4) is 0 Å². The minimum atomic E-state index is 0.0221.